The van der Waals surface area contributed by atoms with Crippen molar-refractivity contribution < 1.29 is 38.1 Å². The molecule has 1 unspecified atom stereocenters. The average Bonchev–Trinajstić information content (AvgIpc) is 3.52. The lowest BCUT2D eigenvalue weighted by atomic mass is 9.96. The van der Waals surface area contributed by atoms with Gasteiger partial charge >= 0.3 is 13.7 Å². The quantitative estimate of drug-likeness (QED) is 0.110. The first kappa shape index (κ1) is 30.5. The minimum Gasteiger partial charge on any atom is -0.462 e. The van der Waals surface area contributed by atoms with Crippen LogP contribution < -0.4 is 15.3 Å². The fraction of sp³-hybridized carbons (Fsp3) is 0.357. The second-order valence-corrected chi connectivity index (χ2v) is 12.1. The summed E-state index contributed by atoms with van der Waals surface area (Å²) in [5.41, 5.74) is 4.65. The second-order valence-electron chi connectivity index (χ2n) is 10.4. The summed E-state index contributed by atoms with van der Waals surface area (Å²) in [6.45, 7) is 7.99. The van der Waals surface area contributed by atoms with Crippen LogP contribution in [-0.2, 0) is 23.4 Å². The molecule has 5 rings (SSSR count). The third-order valence-corrected chi connectivity index (χ3v) is 8.56. The Hall–Kier alpha value is -3.91. The fourth-order valence-corrected chi connectivity index (χ4v) is 6.29. The average molecular weight is 613 g/mol. The van der Waals surface area contributed by atoms with Crippen LogP contribution in [0.5, 0.6) is 5.75 Å². The van der Waals surface area contributed by atoms with Gasteiger partial charge in [0.15, 0.2) is 17.7 Å². The maximum absolute atomic E-state index is 14.3. The molecule has 0 spiro atoms. The number of rotatable bonds is 11. The Morgan fingerprint density at radius 3 is 2.70 bits per heavy atom. The number of ether oxygens (including phenoxy) is 2. The number of carbonyl (C=O) groups excluding carboxylic acids is 1. The van der Waals surface area contributed by atoms with Crippen LogP contribution in [0.1, 0.15) is 27.0 Å². The van der Waals surface area contributed by atoms with Crippen LogP contribution in [0.15, 0.2) is 67.8 Å². The van der Waals surface area contributed by atoms with Gasteiger partial charge in [-0.05, 0) is 32.2 Å². The Labute approximate surface area is 247 Å². The van der Waals surface area contributed by atoms with Crippen molar-refractivity contribution in [3.63, 3.8) is 0 Å². The molecule has 5 N–H and O–H groups in total. The number of carbonyl (C=O) groups is 1. The minimum atomic E-state index is -4.41. The molecule has 0 radical (unpaired) electrons. The van der Waals surface area contributed by atoms with Crippen LogP contribution in [0.3, 0.4) is 0 Å². The van der Waals surface area contributed by atoms with E-state index in [0.29, 0.717) is 5.39 Å². The number of nitrogens with one attached hydrogen (secondary N) is 1. The number of anilines is 1. The summed E-state index contributed by atoms with van der Waals surface area (Å²) in [6, 6.07) is 11.4. The van der Waals surface area contributed by atoms with Gasteiger partial charge in [-0.2, -0.15) is 5.09 Å². The van der Waals surface area contributed by atoms with E-state index >= 15 is 0 Å². The van der Waals surface area contributed by atoms with Gasteiger partial charge in [0.2, 0.25) is 0 Å². The molecule has 2 aromatic heterocycles. The Morgan fingerprint density at radius 1 is 1.21 bits per heavy atom. The lowest BCUT2D eigenvalue weighted by Gasteiger charge is -2.31. The number of aliphatic hydroxyl groups is 2. The van der Waals surface area contributed by atoms with Crippen LogP contribution in [0.2, 0.25) is 0 Å². The summed E-state index contributed by atoms with van der Waals surface area (Å²) in [5, 5.41) is 26.3. The largest absolute Gasteiger partial charge is 0.462 e. The first-order valence-corrected chi connectivity index (χ1v) is 15.0. The van der Waals surface area contributed by atoms with E-state index in [4.69, 9.17) is 24.3 Å². The molecule has 2 aromatic carbocycles. The monoisotopic (exact) mass is 612 g/mol. The Balaban J connectivity index is 1.45. The number of aromatic nitrogens is 4. The fourth-order valence-electron chi connectivity index (χ4n) is 4.74. The smallest absolute Gasteiger partial charge is 0.459 e. The van der Waals surface area contributed by atoms with Gasteiger partial charge in [0.25, 0.3) is 0 Å². The maximum Gasteiger partial charge on any atom is 0.459 e. The van der Waals surface area contributed by atoms with Gasteiger partial charge < -0.3 is 29.9 Å². The maximum atomic E-state index is 14.3. The number of nitrogen functional groups attached to an aromatic ring is 1. The molecule has 0 amide bonds. The Bertz CT molecular complexity index is 1690. The number of aliphatic hydroxyl groups excluding tert-OH is 2. The van der Waals surface area contributed by atoms with Gasteiger partial charge in [0.05, 0.1) is 19.0 Å². The van der Waals surface area contributed by atoms with E-state index in [-0.39, 0.29) is 22.7 Å². The number of benzene rings is 2. The van der Waals surface area contributed by atoms with Gasteiger partial charge in [-0.25, -0.2) is 19.5 Å². The molecule has 0 bridgehead atoms. The molecular formula is C28H33N6O8P. The van der Waals surface area contributed by atoms with E-state index in [2.05, 4.69) is 26.6 Å². The van der Waals surface area contributed by atoms with Gasteiger partial charge in [-0.15, -0.1) is 6.58 Å². The highest BCUT2D eigenvalue weighted by Crippen LogP contribution is 2.49. The molecule has 0 aliphatic carbocycles. The number of nitrogens with zero attached hydrogens (tertiary/aromatic N) is 4. The number of nitrogens with two attached hydrogens (primary N) is 1. The summed E-state index contributed by atoms with van der Waals surface area (Å²) in [4.78, 5) is 24.9. The molecule has 3 heterocycles. The molecule has 0 saturated carbocycles. The highest BCUT2D eigenvalue weighted by Gasteiger charge is 2.55. The summed E-state index contributed by atoms with van der Waals surface area (Å²) in [5.74, 6) is -0.337. The van der Waals surface area contributed by atoms with Crippen molar-refractivity contribution >= 4 is 41.5 Å². The number of imidazole rings is 1. The molecule has 1 aliphatic rings. The predicted molar refractivity (Wildman–Crippen MR) is 157 cm³/mol. The number of fused-ring (bicyclic) bond motifs is 2. The summed E-state index contributed by atoms with van der Waals surface area (Å²) >= 11 is 0. The standard InChI is InChI=1S/C28H33N6O8P/c1-5-28(23(36)22(35)26(41-28)34-15-32-21-24(29)30-14-31-25(21)34)13-39-43(38,33-17(4)27(37)40-16(2)3)42-20-12-8-10-18-9-6-7-11-19(18)20/h5-12,14-17,22-23,26,35-36H,1,13H2,2-4H3,(H,33,38)(H2,29,30,31)/t17-,22+,23-,26+,28+,43?/m0/s1. The molecule has 15 heteroatoms. The molecule has 43 heavy (non-hydrogen) atoms. The normalized spacial score (nSPS) is 24.2. The number of esters is 1. The van der Waals surface area contributed by atoms with Crippen molar-refractivity contribution in [3.8, 4) is 5.75 Å². The topological polar surface area (TPSA) is 193 Å². The van der Waals surface area contributed by atoms with Crippen LogP contribution in [0.25, 0.3) is 21.9 Å². The van der Waals surface area contributed by atoms with Gasteiger partial charge in [0, 0.05) is 5.39 Å². The lowest BCUT2D eigenvalue weighted by Crippen LogP contribution is -2.46. The van der Waals surface area contributed by atoms with E-state index in [0.717, 1.165) is 5.39 Å². The Kier molecular flexibility index (Phi) is 8.52. The van der Waals surface area contributed by atoms with E-state index < -0.39 is 56.5 Å². The van der Waals surface area contributed by atoms with E-state index in [1.165, 1.54) is 30.2 Å². The van der Waals surface area contributed by atoms with Gasteiger partial charge in [-0.3, -0.25) is 13.9 Å². The van der Waals surface area contributed by atoms with Crippen molar-refractivity contribution in [1.29, 1.82) is 0 Å². The Morgan fingerprint density at radius 2 is 1.95 bits per heavy atom. The lowest BCUT2D eigenvalue weighted by molar-refractivity contribution is -0.149. The first-order valence-electron chi connectivity index (χ1n) is 13.5. The molecule has 14 nitrogen and oxygen atoms in total. The molecule has 1 aliphatic heterocycles. The van der Waals surface area contributed by atoms with Crippen molar-refractivity contribution in [2.75, 3.05) is 12.3 Å². The van der Waals surface area contributed by atoms with Crippen molar-refractivity contribution in [3.05, 3.63) is 67.8 Å². The predicted octanol–water partition coefficient (Wildman–Crippen LogP) is 2.87. The zero-order chi connectivity index (χ0) is 30.9. The summed E-state index contributed by atoms with van der Waals surface area (Å²) < 4.78 is 38.9. The van der Waals surface area contributed by atoms with Crippen molar-refractivity contribution in [2.45, 2.75) is 57.0 Å². The van der Waals surface area contributed by atoms with E-state index in [1.807, 2.05) is 18.2 Å². The molecule has 4 aromatic rings. The highest BCUT2D eigenvalue weighted by molar-refractivity contribution is 7.52. The van der Waals surface area contributed by atoms with Crippen LogP contribution in [0, 0.1) is 0 Å². The zero-order valence-corrected chi connectivity index (χ0v) is 24.6. The minimum absolute atomic E-state index is 0.123. The third-order valence-electron chi connectivity index (χ3n) is 6.95. The first-order chi connectivity index (χ1) is 20.5. The number of hydrogen-bond donors (Lipinski definition) is 4. The summed E-state index contributed by atoms with van der Waals surface area (Å²) in [6.07, 6.45) is -0.920. The molecule has 228 valence electrons. The SMILES string of the molecule is C=C[C@]1(COP(=O)(N[C@@H](C)C(=O)OC(C)C)Oc2cccc3ccccc23)O[C@@H](n2cnc3c(N)ncnc32)[C@H](O)[C@@H]1O. The van der Waals surface area contributed by atoms with Crippen molar-refractivity contribution in [1.82, 2.24) is 24.6 Å². The van der Waals surface area contributed by atoms with Crippen LogP contribution >= 0.6 is 7.75 Å². The molecule has 1 fully saturated rings. The van der Waals surface area contributed by atoms with E-state index in [1.54, 1.807) is 38.1 Å². The second kappa shape index (κ2) is 12.0. The van der Waals surface area contributed by atoms with Crippen LogP contribution in [0.4, 0.5) is 5.82 Å². The summed E-state index contributed by atoms with van der Waals surface area (Å²) in [7, 11) is -4.41. The number of hydrogen-bond acceptors (Lipinski definition) is 12. The third kappa shape index (κ3) is 5.98. The highest BCUT2D eigenvalue weighted by atomic mass is 31.2. The van der Waals surface area contributed by atoms with Crippen LogP contribution in [-0.4, -0.2) is 72.3 Å². The van der Waals surface area contributed by atoms with Gasteiger partial charge in [0.1, 0.15) is 41.4 Å². The zero-order valence-electron chi connectivity index (χ0n) is 23.7. The molecular weight excluding hydrogens is 579 g/mol. The van der Waals surface area contributed by atoms with Crippen molar-refractivity contribution in [2.24, 2.45) is 0 Å². The molecule has 6 atom stereocenters. The van der Waals surface area contributed by atoms with Gasteiger partial charge in [-0.1, -0.05) is 42.5 Å². The van der Waals surface area contributed by atoms with E-state index in [9.17, 15) is 19.6 Å². The molecule has 1 saturated heterocycles.